The molecule has 1 aliphatic heterocycles. The van der Waals surface area contributed by atoms with Crippen LogP contribution in [0.25, 0.3) is 11.0 Å². The predicted molar refractivity (Wildman–Crippen MR) is 79.1 cm³/mol. The van der Waals surface area contributed by atoms with Crippen LogP contribution < -0.4 is 0 Å². The largest absolute Gasteiger partial charge is 0.372 e. The van der Waals surface area contributed by atoms with Crippen molar-refractivity contribution in [1.82, 2.24) is 19.9 Å². The molecule has 0 bridgehead atoms. The summed E-state index contributed by atoms with van der Waals surface area (Å²) in [5.74, 6) is 0.0324. The number of nitrogens with zero attached hydrogens (tertiary/aromatic N) is 4. The Kier molecular flexibility index (Phi) is 3.63. The van der Waals surface area contributed by atoms with Crippen LogP contribution >= 0.6 is 0 Å². The van der Waals surface area contributed by atoms with Gasteiger partial charge in [0, 0.05) is 25.2 Å². The number of amides is 1. The molecule has 1 fully saturated rings. The number of ether oxygens (including phenoxy) is 1. The minimum Gasteiger partial charge on any atom is -0.372 e. The fourth-order valence-electron chi connectivity index (χ4n) is 2.87. The molecule has 0 radical (unpaired) electrons. The van der Waals surface area contributed by atoms with Crippen molar-refractivity contribution in [2.24, 2.45) is 0 Å². The van der Waals surface area contributed by atoms with Gasteiger partial charge in [-0.25, -0.2) is 4.68 Å². The van der Waals surface area contributed by atoms with Crippen molar-refractivity contribution in [3.63, 3.8) is 0 Å². The molecule has 3 rings (SSSR count). The first kappa shape index (κ1) is 14.0. The molecule has 112 valence electrons. The fraction of sp³-hybridized carbons (Fsp3) is 0.533. The lowest BCUT2D eigenvalue weighted by molar-refractivity contribution is -0.0586. The fourth-order valence-corrected chi connectivity index (χ4v) is 2.87. The Morgan fingerprint density at radius 2 is 2.05 bits per heavy atom. The summed E-state index contributed by atoms with van der Waals surface area (Å²) >= 11 is 0. The Balaban J connectivity index is 1.87. The molecule has 1 saturated heterocycles. The van der Waals surface area contributed by atoms with Crippen molar-refractivity contribution >= 4 is 16.9 Å². The number of rotatable bonds is 2. The molecule has 0 saturated carbocycles. The highest BCUT2D eigenvalue weighted by Crippen LogP contribution is 2.18. The van der Waals surface area contributed by atoms with Crippen LogP contribution in [0.3, 0.4) is 0 Å². The molecule has 21 heavy (non-hydrogen) atoms. The molecular formula is C15H20N4O2. The third-order valence-corrected chi connectivity index (χ3v) is 3.77. The van der Waals surface area contributed by atoms with E-state index in [0.717, 1.165) is 17.6 Å². The summed E-state index contributed by atoms with van der Waals surface area (Å²) in [5, 5.41) is 8.20. The van der Waals surface area contributed by atoms with Gasteiger partial charge in [-0.1, -0.05) is 5.21 Å². The molecule has 0 spiro atoms. The number of hydrogen-bond donors (Lipinski definition) is 0. The lowest BCUT2D eigenvalue weighted by Gasteiger charge is -2.35. The SMILES string of the molecule is CCn1nnc2cc(C(=O)N3C[C@@H](C)O[C@@H](C)C3)ccc21. The first-order valence-electron chi connectivity index (χ1n) is 7.36. The van der Waals surface area contributed by atoms with Crippen molar-refractivity contribution < 1.29 is 9.53 Å². The number of carbonyl (C=O) groups is 1. The van der Waals surface area contributed by atoms with Crippen molar-refractivity contribution in [3.8, 4) is 0 Å². The number of aromatic nitrogens is 3. The smallest absolute Gasteiger partial charge is 0.254 e. The van der Waals surface area contributed by atoms with E-state index < -0.39 is 0 Å². The van der Waals surface area contributed by atoms with Crippen LogP contribution in [-0.4, -0.2) is 51.1 Å². The average Bonchev–Trinajstić information content (AvgIpc) is 2.87. The maximum Gasteiger partial charge on any atom is 0.254 e. The van der Waals surface area contributed by atoms with E-state index in [4.69, 9.17) is 4.74 Å². The summed E-state index contributed by atoms with van der Waals surface area (Å²) in [6.07, 6.45) is 0.143. The maximum atomic E-state index is 12.6. The second-order valence-corrected chi connectivity index (χ2v) is 5.58. The van der Waals surface area contributed by atoms with E-state index >= 15 is 0 Å². The summed E-state index contributed by atoms with van der Waals surface area (Å²) < 4.78 is 7.49. The first-order valence-corrected chi connectivity index (χ1v) is 7.36. The standard InChI is InChI=1S/C15H20N4O2/c1-4-19-14-6-5-12(7-13(14)16-17-19)15(20)18-8-10(2)21-11(3)9-18/h5-7,10-11H,4,8-9H2,1-3H3/t10-,11+. The normalized spacial score (nSPS) is 22.7. The summed E-state index contributed by atoms with van der Waals surface area (Å²) in [4.78, 5) is 14.5. The molecule has 6 heteroatoms. The van der Waals surface area contributed by atoms with Crippen LogP contribution in [0.5, 0.6) is 0 Å². The molecular weight excluding hydrogens is 268 g/mol. The predicted octanol–water partition coefficient (Wildman–Crippen LogP) is 1.70. The molecule has 1 aromatic carbocycles. The van der Waals surface area contributed by atoms with E-state index in [1.54, 1.807) is 0 Å². The zero-order chi connectivity index (χ0) is 15.0. The highest BCUT2D eigenvalue weighted by Gasteiger charge is 2.26. The molecule has 1 aliphatic rings. The van der Waals surface area contributed by atoms with Crippen LogP contribution in [0.4, 0.5) is 0 Å². The van der Waals surface area contributed by atoms with E-state index in [9.17, 15) is 4.79 Å². The Morgan fingerprint density at radius 3 is 2.71 bits per heavy atom. The summed E-state index contributed by atoms with van der Waals surface area (Å²) in [6, 6.07) is 5.59. The Hall–Kier alpha value is -1.95. The quantitative estimate of drug-likeness (QED) is 0.844. The number of fused-ring (bicyclic) bond motifs is 1. The van der Waals surface area contributed by atoms with Gasteiger partial charge in [0.1, 0.15) is 5.52 Å². The lowest BCUT2D eigenvalue weighted by Crippen LogP contribution is -2.48. The molecule has 2 heterocycles. The van der Waals surface area contributed by atoms with Crippen molar-refractivity contribution in [2.45, 2.75) is 39.5 Å². The Morgan fingerprint density at radius 1 is 1.33 bits per heavy atom. The zero-order valence-corrected chi connectivity index (χ0v) is 12.6. The van der Waals surface area contributed by atoms with E-state index in [-0.39, 0.29) is 18.1 Å². The van der Waals surface area contributed by atoms with Gasteiger partial charge in [-0.05, 0) is 39.0 Å². The van der Waals surface area contributed by atoms with Gasteiger partial charge in [0.05, 0.1) is 17.7 Å². The highest BCUT2D eigenvalue weighted by molar-refractivity contribution is 5.97. The summed E-state index contributed by atoms with van der Waals surface area (Å²) in [7, 11) is 0. The van der Waals surface area contributed by atoms with Crippen LogP contribution in [0.15, 0.2) is 18.2 Å². The summed E-state index contributed by atoms with van der Waals surface area (Å²) in [6.45, 7) is 8.02. The summed E-state index contributed by atoms with van der Waals surface area (Å²) in [5.41, 5.74) is 2.38. The van der Waals surface area contributed by atoms with Gasteiger partial charge in [0.15, 0.2) is 0 Å². The van der Waals surface area contributed by atoms with Crippen molar-refractivity contribution in [2.75, 3.05) is 13.1 Å². The number of morpholine rings is 1. The molecule has 0 N–H and O–H groups in total. The second kappa shape index (κ2) is 5.44. The third kappa shape index (κ3) is 2.63. The van der Waals surface area contributed by atoms with Gasteiger partial charge in [0.2, 0.25) is 0 Å². The van der Waals surface area contributed by atoms with Crippen LogP contribution in [0.1, 0.15) is 31.1 Å². The van der Waals surface area contributed by atoms with E-state index in [2.05, 4.69) is 10.3 Å². The molecule has 6 nitrogen and oxygen atoms in total. The van der Waals surface area contributed by atoms with Crippen LogP contribution in [-0.2, 0) is 11.3 Å². The minimum atomic E-state index is 0.0324. The average molecular weight is 288 g/mol. The maximum absolute atomic E-state index is 12.6. The number of aryl methyl sites for hydroxylation is 1. The molecule has 1 aromatic heterocycles. The molecule has 0 aliphatic carbocycles. The van der Waals surface area contributed by atoms with E-state index in [1.165, 1.54) is 0 Å². The zero-order valence-electron chi connectivity index (χ0n) is 12.6. The van der Waals surface area contributed by atoms with E-state index in [1.807, 2.05) is 48.6 Å². The molecule has 2 aromatic rings. The number of hydrogen-bond acceptors (Lipinski definition) is 4. The van der Waals surface area contributed by atoms with Crippen LogP contribution in [0.2, 0.25) is 0 Å². The van der Waals surface area contributed by atoms with Crippen LogP contribution in [0, 0.1) is 0 Å². The van der Waals surface area contributed by atoms with E-state index in [0.29, 0.717) is 18.7 Å². The number of benzene rings is 1. The van der Waals surface area contributed by atoms with Gasteiger partial charge in [0.25, 0.3) is 5.91 Å². The Labute approximate surface area is 123 Å². The molecule has 0 unspecified atom stereocenters. The van der Waals surface area contributed by atoms with Gasteiger partial charge in [-0.2, -0.15) is 0 Å². The first-order chi connectivity index (χ1) is 10.1. The molecule has 2 atom stereocenters. The number of carbonyl (C=O) groups excluding carboxylic acids is 1. The minimum absolute atomic E-state index is 0.0324. The second-order valence-electron chi connectivity index (χ2n) is 5.58. The van der Waals surface area contributed by atoms with Crippen molar-refractivity contribution in [1.29, 1.82) is 0 Å². The van der Waals surface area contributed by atoms with Gasteiger partial charge < -0.3 is 9.64 Å². The van der Waals surface area contributed by atoms with Gasteiger partial charge in [-0.3, -0.25) is 4.79 Å². The lowest BCUT2D eigenvalue weighted by atomic mass is 10.1. The monoisotopic (exact) mass is 288 g/mol. The van der Waals surface area contributed by atoms with Gasteiger partial charge in [-0.15, -0.1) is 5.10 Å². The highest BCUT2D eigenvalue weighted by atomic mass is 16.5. The topological polar surface area (TPSA) is 60.2 Å². The van der Waals surface area contributed by atoms with Gasteiger partial charge >= 0.3 is 0 Å². The third-order valence-electron chi connectivity index (χ3n) is 3.77. The molecule has 1 amide bonds. The van der Waals surface area contributed by atoms with Crippen molar-refractivity contribution in [3.05, 3.63) is 23.8 Å². The Bertz CT molecular complexity index is 657.